The van der Waals surface area contributed by atoms with Gasteiger partial charge in [0.2, 0.25) is 0 Å². The van der Waals surface area contributed by atoms with Crippen LogP contribution >= 0.6 is 0 Å². The third-order valence-corrected chi connectivity index (χ3v) is 5.78. The van der Waals surface area contributed by atoms with Crippen molar-refractivity contribution >= 4 is 14.0 Å². The molecular formula is C15H26O4Si. The first kappa shape index (κ1) is 17.2. The van der Waals surface area contributed by atoms with E-state index >= 15 is 0 Å². The van der Waals surface area contributed by atoms with Gasteiger partial charge in [-0.15, -0.1) is 0 Å². The van der Waals surface area contributed by atoms with Crippen LogP contribution in [0.3, 0.4) is 0 Å². The second-order valence-electron chi connectivity index (χ2n) is 5.60. The van der Waals surface area contributed by atoms with Crippen LogP contribution in [0.5, 0.6) is 5.75 Å². The van der Waals surface area contributed by atoms with Gasteiger partial charge in [-0.3, -0.25) is 0 Å². The molecule has 0 bridgehead atoms. The van der Waals surface area contributed by atoms with Crippen LogP contribution in [0.1, 0.15) is 41.5 Å². The van der Waals surface area contributed by atoms with Crippen molar-refractivity contribution in [1.82, 2.24) is 0 Å². The van der Waals surface area contributed by atoms with E-state index < -0.39 is 8.80 Å². The summed E-state index contributed by atoms with van der Waals surface area (Å²) in [4.78, 5) is 0. The average Bonchev–Trinajstić information content (AvgIpc) is 2.26. The molecule has 0 aliphatic carbocycles. The van der Waals surface area contributed by atoms with Crippen molar-refractivity contribution in [3.63, 3.8) is 0 Å². The van der Waals surface area contributed by atoms with Gasteiger partial charge in [0.25, 0.3) is 0 Å². The standard InChI is InChI=1S/C15H26O4Si/c1-11(2)17-20(18-12(3)4,19-13(5)6)15-9-7-14(16)8-10-15/h7-13,16H,1-6H3. The van der Waals surface area contributed by atoms with Crippen molar-refractivity contribution < 1.29 is 18.4 Å². The molecule has 114 valence electrons. The number of benzene rings is 1. The molecule has 0 aromatic heterocycles. The largest absolute Gasteiger partial charge is 0.537 e. The molecule has 1 N–H and O–H groups in total. The van der Waals surface area contributed by atoms with Crippen LogP contribution < -0.4 is 5.19 Å². The molecule has 0 fully saturated rings. The molecule has 0 aliphatic rings. The van der Waals surface area contributed by atoms with Crippen molar-refractivity contribution in [3.05, 3.63) is 24.3 Å². The molecule has 0 radical (unpaired) electrons. The van der Waals surface area contributed by atoms with E-state index in [-0.39, 0.29) is 24.1 Å². The molecule has 1 rings (SSSR count). The molecular weight excluding hydrogens is 272 g/mol. The predicted molar refractivity (Wildman–Crippen MR) is 82.2 cm³/mol. The average molecular weight is 298 g/mol. The van der Waals surface area contributed by atoms with Crippen LogP contribution in [0.2, 0.25) is 0 Å². The fourth-order valence-corrected chi connectivity index (χ4v) is 4.90. The lowest BCUT2D eigenvalue weighted by Gasteiger charge is -2.34. The third kappa shape index (κ3) is 4.90. The van der Waals surface area contributed by atoms with Crippen LogP contribution in [-0.2, 0) is 13.3 Å². The lowest BCUT2D eigenvalue weighted by atomic mass is 10.3. The topological polar surface area (TPSA) is 47.9 Å². The molecule has 0 spiro atoms. The van der Waals surface area contributed by atoms with E-state index in [0.717, 1.165) is 5.19 Å². The van der Waals surface area contributed by atoms with E-state index in [9.17, 15) is 5.11 Å². The van der Waals surface area contributed by atoms with E-state index in [4.69, 9.17) is 13.3 Å². The number of rotatable bonds is 7. The first-order valence-electron chi connectivity index (χ1n) is 7.08. The summed E-state index contributed by atoms with van der Waals surface area (Å²) >= 11 is 0. The molecule has 0 unspecified atom stereocenters. The zero-order valence-electron chi connectivity index (χ0n) is 13.2. The number of phenols is 1. The third-order valence-electron chi connectivity index (χ3n) is 2.39. The highest BCUT2D eigenvalue weighted by Crippen LogP contribution is 2.19. The van der Waals surface area contributed by atoms with Gasteiger partial charge in [-0.25, -0.2) is 0 Å². The first-order chi connectivity index (χ1) is 9.25. The van der Waals surface area contributed by atoms with Gasteiger partial charge in [-0.2, -0.15) is 0 Å². The SMILES string of the molecule is CC(C)O[Si](OC(C)C)(OC(C)C)c1ccc(O)cc1. The van der Waals surface area contributed by atoms with Crippen LogP contribution in [0.25, 0.3) is 0 Å². The highest BCUT2D eigenvalue weighted by molar-refractivity contribution is 6.75. The van der Waals surface area contributed by atoms with Crippen molar-refractivity contribution in [3.8, 4) is 5.75 Å². The number of phenolic OH excluding ortho intramolecular Hbond substituents is 1. The Labute approximate surface area is 123 Å². The van der Waals surface area contributed by atoms with Gasteiger partial charge in [0.15, 0.2) is 0 Å². The summed E-state index contributed by atoms with van der Waals surface area (Å²) in [6.07, 6.45) is -0.0195. The predicted octanol–water partition coefficient (Wildman–Crippen LogP) is 2.81. The van der Waals surface area contributed by atoms with E-state index in [1.807, 2.05) is 53.7 Å². The summed E-state index contributed by atoms with van der Waals surface area (Å²) in [5.74, 6) is 0.218. The molecule has 5 heteroatoms. The van der Waals surface area contributed by atoms with Crippen LogP contribution in [0, 0.1) is 0 Å². The molecule has 0 saturated carbocycles. The summed E-state index contributed by atoms with van der Waals surface area (Å²) in [6, 6.07) is 6.89. The number of aromatic hydroxyl groups is 1. The second kappa shape index (κ2) is 7.22. The maximum atomic E-state index is 9.46. The second-order valence-corrected chi connectivity index (χ2v) is 8.00. The van der Waals surface area contributed by atoms with Gasteiger partial charge in [0, 0.05) is 23.5 Å². The minimum absolute atomic E-state index is 0.00651. The molecule has 0 amide bonds. The maximum Gasteiger partial charge on any atom is 0.537 e. The summed E-state index contributed by atoms with van der Waals surface area (Å²) < 4.78 is 18.3. The molecule has 1 aromatic rings. The first-order valence-corrected chi connectivity index (χ1v) is 8.80. The van der Waals surface area contributed by atoms with Crippen molar-refractivity contribution in [2.24, 2.45) is 0 Å². The van der Waals surface area contributed by atoms with E-state index in [0.29, 0.717) is 0 Å². The Hall–Kier alpha value is -0.883. The summed E-state index contributed by atoms with van der Waals surface area (Å²) in [5, 5.41) is 10.3. The minimum Gasteiger partial charge on any atom is -0.508 e. The van der Waals surface area contributed by atoms with Gasteiger partial charge in [0.1, 0.15) is 5.75 Å². The highest BCUT2D eigenvalue weighted by atomic mass is 28.4. The Morgan fingerprint density at radius 3 is 1.40 bits per heavy atom. The molecule has 1 aromatic carbocycles. The molecule has 0 heterocycles. The van der Waals surface area contributed by atoms with E-state index in [2.05, 4.69) is 0 Å². The van der Waals surface area contributed by atoms with E-state index in [1.54, 1.807) is 12.1 Å². The Balaban J connectivity index is 3.22. The zero-order chi connectivity index (χ0) is 15.3. The smallest absolute Gasteiger partial charge is 0.508 e. The highest BCUT2D eigenvalue weighted by Gasteiger charge is 2.46. The maximum absolute atomic E-state index is 9.46. The Kier molecular flexibility index (Phi) is 6.20. The monoisotopic (exact) mass is 298 g/mol. The zero-order valence-corrected chi connectivity index (χ0v) is 14.2. The number of hydrogen-bond donors (Lipinski definition) is 1. The van der Waals surface area contributed by atoms with Gasteiger partial charge in [-0.1, -0.05) is 12.1 Å². The summed E-state index contributed by atoms with van der Waals surface area (Å²) in [6.45, 7) is 11.8. The van der Waals surface area contributed by atoms with Crippen molar-refractivity contribution in [1.29, 1.82) is 0 Å². The van der Waals surface area contributed by atoms with E-state index in [1.165, 1.54) is 0 Å². The quantitative estimate of drug-likeness (QED) is 0.786. The fraction of sp³-hybridized carbons (Fsp3) is 0.600. The molecule has 20 heavy (non-hydrogen) atoms. The van der Waals surface area contributed by atoms with Gasteiger partial charge in [-0.05, 0) is 53.7 Å². The minimum atomic E-state index is -2.99. The lowest BCUT2D eigenvalue weighted by Crippen LogP contribution is -2.60. The number of hydrogen-bond acceptors (Lipinski definition) is 4. The van der Waals surface area contributed by atoms with Crippen LogP contribution in [-0.4, -0.2) is 32.2 Å². The molecule has 0 atom stereocenters. The molecule has 0 saturated heterocycles. The summed E-state index contributed by atoms with van der Waals surface area (Å²) in [7, 11) is -2.99. The van der Waals surface area contributed by atoms with Gasteiger partial charge < -0.3 is 18.4 Å². The molecule has 0 aliphatic heterocycles. The lowest BCUT2D eigenvalue weighted by molar-refractivity contribution is 0.0153. The van der Waals surface area contributed by atoms with Crippen molar-refractivity contribution in [2.45, 2.75) is 59.9 Å². The summed E-state index contributed by atoms with van der Waals surface area (Å²) in [5.41, 5.74) is 0. The van der Waals surface area contributed by atoms with Gasteiger partial charge >= 0.3 is 8.80 Å². The molecule has 4 nitrogen and oxygen atoms in total. The Morgan fingerprint density at radius 2 is 1.10 bits per heavy atom. The van der Waals surface area contributed by atoms with Crippen LogP contribution in [0.4, 0.5) is 0 Å². The van der Waals surface area contributed by atoms with Crippen LogP contribution in [0.15, 0.2) is 24.3 Å². The normalized spacial score (nSPS) is 12.7. The Morgan fingerprint density at radius 1 is 0.750 bits per heavy atom. The van der Waals surface area contributed by atoms with Gasteiger partial charge in [0.05, 0.1) is 0 Å². The fourth-order valence-electron chi connectivity index (χ4n) is 1.88. The Bertz CT molecular complexity index is 374. The van der Waals surface area contributed by atoms with Crippen molar-refractivity contribution in [2.75, 3.05) is 0 Å².